The molecule has 0 radical (unpaired) electrons. The van der Waals surface area contributed by atoms with Crippen molar-refractivity contribution in [2.75, 3.05) is 11.1 Å². The molecule has 1 amide bonds. The molecule has 3 aromatic rings. The molecular formula is C24H26Cl2N4O3S2. The van der Waals surface area contributed by atoms with E-state index >= 15 is 0 Å². The first kappa shape index (κ1) is 26.0. The zero-order valence-corrected chi connectivity index (χ0v) is 22.8. The molecule has 7 nitrogen and oxygen atoms in total. The van der Waals surface area contributed by atoms with Gasteiger partial charge in [0.15, 0.2) is 11.0 Å². The number of fused-ring (bicyclic) bond motifs is 1. The number of benzene rings is 1. The van der Waals surface area contributed by atoms with Crippen molar-refractivity contribution in [2.45, 2.75) is 64.3 Å². The monoisotopic (exact) mass is 552 g/mol. The fourth-order valence-electron chi connectivity index (χ4n) is 3.99. The van der Waals surface area contributed by atoms with Gasteiger partial charge in [0.25, 0.3) is 0 Å². The summed E-state index contributed by atoms with van der Waals surface area (Å²) in [7, 11) is 0. The highest BCUT2D eigenvalue weighted by atomic mass is 35.5. The highest BCUT2D eigenvalue weighted by Crippen LogP contribution is 2.39. The molecule has 35 heavy (non-hydrogen) atoms. The number of aromatic nitrogens is 3. The summed E-state index contributed by atoms with van der Waals surface area (Å²) in [5.41, 5.74) is 2.25. The zero-order valence-electron chi connectivity index (χ0n) is 19.7. The number of aryl methyl sites for hydroxylation is 1. The summed E-state index contributed by atoms with van der Waals surface area (Å²) >= 11 is 15.1. The van der Waals surface area contributed by atoms with Crippen molar-refractivity contribution >= 4 is 63.2 Å². The van der Waals surface area contributed by atoms with Gasteiger partial charge in [-0.3, -0.25) is 4.79 Å². The second-order valence-corrected chi connectivity index (χ2v) is 11.3. The Morgan fingerprint density at radius 3 is 2.71 bits per heavy atom. The Bertz CT molecular complexity index is 1260. The number of carbonyl (C=O) groups is 2. The quantitative estimate of drug-likeness (QED) is 0.253. The first-order chi connectivity index (χ1) is 16.8. The number of amides is 1. The Kier molecular flexibility index (Phi) is 8.42. The molecule has 1 aromatic carbocycles. The minimum absolute atomic E-state index is 0.119. The van der Waals surface area contributed by atoms with Crippen molar-refractivity contribution in [3.05, 3.63) is 44.2 Å². The van der Waals surface area contributed by atoms with Crippen LogP contribution in [-0.2, 0) is 28.9 Å². The molecule has 0 atom stereocenters. The lowest BCUT2D eigenvalue weighted by molar-refractivity contribution is -0.113. The number of thiophene rings is 1. The minimum atomic E-state index is -0.377. The van der Waals surface area contributed by atoms with Gasteiger partial charge in [0.2, 0.25) is 5.91 Å². The molecule has 0 fully saturated rings. The van der Waals surface area contributed by atoms with Crippen LogP contribution in [0.15, 0.2) is 23.4 Å². The molecule has 0 spiro atoms. The van der Waals surface area contributed by atoms with Crippen molar-refractivity contribution in [3.8, 4) is 11.4 Å². The first-order valence-electron chi connectivity index (χ1n) is 11.4. The van der Waals surface area contributed by atoms with Crippen molar-refractivity contribution < 1.29 is 14.3 Å². The van der Waals surface area contributed by atoms with E-state index in [-0.39, 0.29) is 23.7 Å². The SMILES string of the molecule is CCn1c(SCC(=O)Nc2sc3c(c2C(=O)OC(C)C)CCCC3)nnc1-c1ccc(Cl)cc1Cl. The van der Waals surface area contributed by atoms with E-state index in [9.17, 15) is 9.59 Å². The Balaban J connectivity index is 1.50. The molecule has 4 rings (SSSR count). The molecule has 1 N–H and O–H groups in total. The maximum atomic E-state index is 12.9. The fourth-order valence-corrected chi connectivity index (χ4v) is 6.58. The van der Waals surface area contributed by atoms with Gasteiger partial charge in [-0.15, -0.1) is 21.5 Å². The van der Waals surface area contributed by atoms with Crippen LogP contribution in [0.4, 0.5) is 5.00 Å². The molecule has 2 aromatic heterocycles. The standard InChI is InChI=1S/C24H26Cl2N4O3S2/c1-4-30-21(15-10-9-14(25)11-17(15)26)28-29-24(30)34-12-19(31)27-22-20(23(32)33-13(2)3)16-7-5-6-8-18(16)35-22/h9-11,13H,4-8,12H2,1-3H3,(H,27,31). The van der Waals surface area contributed by atoms with Crippen LogP contribution in [-0.4, -0.2) is 38.5 Å². The average molecular weight is 554 g/mol. The summed E-state index contributed by atoms with van der Waals surface area (Å²) in [6.45, 7) is 6.22. The van der Waals surface area contributed by atoms with Crippen molar-refractivity contribution in [1.82, 2.24) is 14.8 Å². The van der Waals surface area contributed by atoms with E-state index < -0.39 is 0 Å². The Hall–Kier alpha value is -2.07. The second-order valence-electron chi connectivity index (χ2n) is 8.38. The number of halogens is 2. The largest absolute Gasteiger partial charge is 0.459 e. The molecule has 11 heteroatoms. The van der Waals surface area contributed by atoms with Gasteiger partial charge in [-0.1, -0.05) is 35.0 Å². The van der Waals surface area contributed by atoms with E-state index in [1.165, 1.54) is 23.1 Å². The molecule has 2 heterocycles. The van der Waals surface area contributed by atoms with Crippen LogP contribution >= 0.6 is 46.3 Å². The van der Waals surface area contributed by atoms with Crippen LogP contribution in [0.1, 0.15) is 54.4 Å². The van der Waals surface area contributed by atoms with E-state index in [0.29, 0.717) is 38.1 Å². The third-order valence-corrected chi connectivity index (χ3v) is 8.23. The summed E-state index contributed by atoms with van der Waals surface area (Å²) < 4.78 is 7.38. The Labute approximate surface area is 222 Å². The van der Waals surface area contributed by atoms with Gasteiger partial charge < -0.3 is 14.6 Å². The van der Waals surface area contributed by atoms with Crippen LogP contribution < -0.4 is 5.32 Å². The lowest BCUT2D eigenvalue weighted by Crippen LogP contribution is -2.19. The van der Waals surface area contributed by atoms with Gasteiger partial charge in [0, 0.05) is 22.0 Å². The molecular weight excluding hydrogens is 527 g/mol. The lowest BCUT2D eigenvalue weighted by atomic mass is 9.95. The lowest BCUT2D eigenvalue weighted by Gasteiger charge is -2.14. The van der Waals surface area contributed by atoms with Crippen LogP contribution in [0.25, 0.3) is 11.4 Å². The number of anilines is 1. The molecule has 1 aliphatic carbocycles. The topological polar surface area (TPSA) is 86.1 Å². The molecule has 0 bridgehead atoms. The average Bonchev–Trinajstić information content (AvgIpc) is 3.37. The number of carbonyl (C=O) groups excluding carboxylic acids is 2. The third kappa shape index (κ3) is 5.85. The fraction of sp³-hybridized carbons (Fsp3) is 0.417. The third-order valence-electron chi connectivity index (χ3n) is 5.51. The van der Waals surface area contributed by atoms with Crippen LogP contribution in [0, 0.1) is 0 Å². The Morgan fingerprint density at radius 2 is 2.00 bits per heavy atom. The predicted molar refractivity (Wildman–Crippen MR) is 142 cm³/mol. The van der Waals surface area contributed by atoms with Gasteiger partial charge in [0.05, 0.1) is 22.4 Å². The second kappa shape index (κ2) is 11.3. The van der Waals surface area contributed by atoms with E-state index in [0.717, 1.165) is 41.7 Å². The molecule has 0 aliphatic heterocycles. The highest BCUT2D eigenvalue weighted by molar-refractivity contribution is 7.99. The van der Waals surface area contributed by atoms with Crippen molar-refractivity contribution in [1.29, 1.82) is 0 Å². The molecule has 0 saturated carbocycles. The number of hydrogen-bond donors (Lipinski definition) is 1. The summed E-state index contributed by atoms with van der Waals surface area (Å²) in [6, 6.07) is 5.22. The number of rotatable bonds is 8. The number of hydrogen-bond acceptors (Lipinski definition) is 7. The van der Waals surface area contributed by atoms with E-state index in [1.54, 1.807) is 18.2 Å². The zero-order chi connectivity index (χ0) is 25.1. The highest BCUT2D eigenvalue weighted by Gasteiger charge is 2.28. The van der Waals surface area contributed by atoms with Gasteiger partial charge in [-0.2, -0.15) is 0 Å². The van der Waals surface area contributed by atoms with E-state index in [1.807, 2.05) is 25.3 Å². The molecule has 0 unspecified atom stereocenters. The van der Waals surface area contributed by atoms with E-state index in [2.05, 4.69) is 15.5 Å². The number of ether oxygens (including phenoxy) is 1. The maximum absolute atomic E-state index is 12.9. The molecule has 186 valence electrons. The summed E-state index contributed by atoms with van der Waals surface area (Å²) in [4.78, 5) is 26.9. The minimum Gasteiger partial charge on any atom is -0.459 e. The smallest absolute Gasteiger partial charge is 0.341 e. The molecule has 0 saturated heterocycles. The van der Waals surface area contributed by atoms with Gasteiger partial charge in [-0.05, 0) is 70.2 Å². The van der Waals surface area contributed by atoms with Gasteiger partial charge >= 0.3 is 5.97 Å². The summed E-state index contributed by atoms with van der Waals surface area (Å²) in [6.07, 6.45) is 3.63. The Morgan fingerprint density at radius 1 is 1.23 bits per heavy atom. The number of thioether (sulfide) groups is 1. The van der Waals surface area contributed by atoms with Crippen LogP contribution in [0.2, 0.25) is 10.0 Å². The normalized spacial score (nSPS) is 13.1. The van der Waals surface area contributed by atoms with Crippen molar-refractivity contribution in [3.63, 3.8) is 0 Å². The predicted octanol–water partition coefficient (Wildman–Crippen LogP) is 6.51. The number of nitrogens with one attached hydrogen (secondary N) is 1. The van der Waals surface area contributed by atoms with Gasteiger partial charge in [-0.25, -0.2) is 4.79 Å². The summed E-state index contributed by atoms with van der Waals surface area (Å²) in [5, 5.41) is 13.7. The van der Waals surface area contributed by atoms with Crippen molar-refractivity contribution in [2.24, 2.45) is 0 Å². The van der Waals surface area contributed by atoms with Gasteiger partial charge in [0.1, 0.15) is 5.00 Å². The van der Waals surface area contributed by atoms with Crippen LogP contribution in [0.5, 0.6) is 0 Å². The summed E-state index contributed by atoms with van der Waals surface area (Å²) in [5.74, 6) is 0.136. The number of nitrogens with zero attached hydrogens (tertiary/aromatic N) is 3. The molecule has 1 aliphatic rings. The first-order valence-corrected chi connectivity index (χ1v) is 14.0. The maximum Gasteiger partial charge on any atom is 0.341 e. The van der Waals surface area contributed by atoms with Crippen LogP contribution in [0.3, 0.4) is 0 Å². The van der Waals surface area contributed by atoms with E-state index in [4.69, 9.17) is 27.9 Å². The number of esters is 1.